The first-order valence-electron chi connectivity index (χ1n) is 3.30. The summed E-state index contributed by atoms with van der Waals surface area (Å²) in [7, 11) is -3.36. The fourth-order valence-electron chi connectivity index (χ4n) is 1.37. The molecule has 2 N–H and O–H groups in total. The molecule has 0 amide bonds. The highest BCUT2D eigenvalue weighted by molar-refractivity contribution is 7.86. The van der Waals surface area contributed by atoms with Gasteiger partial charge in [0.2, 0.25) is 0 Å². The normalized spacial score (nSPS) is 30.1. The van der Waals surface area contributed by atoms with Crippen molar-refractivity contribution in [3.8, 4) is 0 Å². The quantitative estimate of drug-likeness (QED) is 0.553. The maximum absolute atomic E-state index is 10.6. The summed E-state index contributed by atoms with van der Waals surface area (Å²) < 4.78 is 22.6. The maximum atomic E-state index is 10.6. The van der Waals surface area contributed by atoms with Crippen LogP contribution in [0.25, 0.3) is 0 Å². The molecule has 1 saturated heterocycles. The first-order chi connectivity index (χ1) is 4.52. The molecule has 0 unspecified atom stereocenters. The first kappa shape index (κ1) is 6.57. The van der Waals surface area contributed by atoms with E-state index in [-0.39, 0.29) is 0 Å². The Balaban J connectivity index is 2.02. The summed E-state index contributed by atoms with van der Waals surface area (Å²) in [5.41, 5.74) is 0.367. The van der Waals surface area contributed by atoms with Gasteiger partial charge in [-0.2, -0.15) is 12.7 Å². The second kappa shape index (κ2) is 1.54. The average Bonchev–Trinajstić information content (AvgIpc) is 2.32. The van der Waals surface area contributed by atoms with Gasteiger partial charge in [-0.1, -0.05) is 0 Å². The molecule has 0 aromatic rings. The van der Waals surface area contributed by atoms with Crippen molar-refractivity contribution in [1.82, 2.24) is 4.31 Å². The summed E-state index contributed by atoms with van der Waals surface area (Å²) in [5, 5.41) is 4.89. The second-order valence-electron chi connectivity index (χ2n) is 3.31. The van der Waals surface area contributed by atoms with E-state index in [1.54, 1.807) is 0 Å². The van der Waals surface area contributed by atoms with Gasteiger partial charge in [0.25, 0.3) is 10.2 Å². The van der Waals surface area contributed by atoms with Gasteiger partial charge in [0, 0.05) is 13.1 Å². The van der Waals surface area contributed by atoms with Crippen LogP contribution < -0.4 is 5.14 Å². The molecular weight excluding hydrogens is 152 g/mol. The van der Waals surface area contributed by atoms with Crippen molar-refractivity contribution in [1.29, 1.82) is 0 Å². The molecule has 4 nitrogen and oxygen atoms in total. The smallest absolute Gasteiger partial charge is 0.216 e. The molecule has 0 aromatic heterocycles. The minimum absolute atomic E-state index is 0.367. The van der Waals surface area contributed by atoms with E-state index < -0.39 is 10.2 Å². The molecular formula is C5H10N2O2S. The second-order valence-corrected chi connectivity index (χ2v) is 4.86. The Bertz CT molecular complexity index is 247. The van der Waals surface area contributed by atoms with E-state index in [9.17, 15) is 8.42 Å². The van der Waals surface area contributed by atoms with E-state index in [2.05, 4.69) is 0 Å². The molecule has 2 rings (SSSR count). The number of hydrogen-bond donors (Lipinski definition) is 1. The fourth-order valence-corrected chi connectivity index (χ4v) is 2.28. The maximum Gasteiger partial charge on any atom is 0.276 e. The van der Waals surface area contributed by atoms with Crippen LogP contribution in [0.1, 0.15) is 12.8 Å². The van der Waals surface area contributed by atoms with E-state index in [0.29, 0.717) is 18.5 Å². The molecule has 1 aliphatic carbocycles. The Labute approximate surface area is 60.2 Å². The lowest BCUT2D eigenvalue weighted by Gasteiger charge is -2.36. The highest BCUT2D eigenvalue weighted by Gasteiger charge is 2.55. The van der Waals surface area contributed by atoms with Gasteiger partial charge in [-0.15, -0.1) is 0 Å². The summed E-state index contributed by atoms with van der Waals surface area (Å²) in [5.74, 6) is 0. The summed E-state index contributed by atoms with van der Waals surface area (Å²) in [4.78, 5) is 0. The SMILES string of the molecule is NS(=O)(=O)N1CC2(CC2)C1. The Morgan fingerprint density at radius 1 is 1.30 bits per heavy atom. The zero-order valence-corrected chi connectivity index (χ0v) is 6.39. The van der Waals surface area contributed by atoms with Crippen molar-refractivity contribution in [3.63, 3.8) is 0 Å². The number of hydrogen-bond acceptors (Lipinski definition) is 2. The molecule has 1 spiro atoms. The zero-order chi connectivity index (χ0) is 7.41. The molecule has 0 bridgehead atoms. The van der Waals surface area contributed by atoms with E-state index in [0.717, 1.165) is 0 Å². The third-order valence-corrected chi connectivity index (χ3v) is 3.32. The van der Waals surface area contributed by atoms with Gasteiger partial charge < -0.3 is 0 Å². The number of nitrogens with zero attached hydrogens (tertiary/aromatic N) is 1. The first-order valence-corrected chi connectivity index (χ1v) is 4.80. The van der Waals surface area contributed by atoms with Crippen molar-refractivity contribution in [3.05, 3.63) is 0 Å². The molecule has 10 heavy (non-hydrogen) atoms. The molecule has 58 valence electrons. The Hall–Kier alpha value is -0.130. The average molecular weight is 162 g/mol. The standard InChI is InChI=1S/C5H10N2O2S/c6-10(8,9)7-3-5(4-7)1-2-5/h1-4H2,(H2,6,8,9). The summed E-state index contributed by atoms with van der Waals surface area (Å²) >= 11 is 0. The predicted molar refractivity (Wildman–Crippen MR) is 36.3 cm³/mol. The molecule has 5 heteroatoms. The minimum Gasteiger partial charge on any atom is -0.216 e. The number of nitrogens with two attached hydrogens (primary N) is 1. The molecule has 1 aliphatic heterocycles. The molecule has 0 atom stereocenters. The molecule has 2 fully saturated rings. The monoisotopic (exact) mass is 162 g/mol. The Morgan fingerprint density at radius 3 is 2.10 bits per heavy atom. The lowest BCUT2D eigenvalue weighted by atomic mass is 10.0. The van der Waals surface area contributed by atoms with Crippen LogP contribution in [0.5, 0.6) is 0 Å². The summed E-state index contributed by atoms with van der Waals surface area (Å²) in [6.45, 7) is 1.32. The van der Waals surface area contributed by atoms with Crippen LogP contribution in [0.4, 0.5) is 0 Å². The predicted octanol–water partition coefficient (Wildman–Crippen LogP) is -0.714. The highest BCUT2D eigenvalue weighted by Crippen LogP contribution is 2.53. The third-order valence-electron chi connectivity index (χ3n) is 2.34. The highest BCUT2D eigenvalue weighted by atomic mass is 32.2. The van der Waals surface area contributed by atoms with Crippen molar-refractivity contribution < 1.29 is 8.42 Å². The van der Waals surface area contributed by atoms with Crippen molar-refractivity contribution >= 4 is 10.2 Å². The molecule has 2 aliphatic rings. The van der Waals surface area contributed by atoms with Crippen LogP contribution >= 0.6 is 0 Å². The zero-order valence-electron chi connectivity index (χ0n) is 5.58. The van der Waals surface area contributed by atoms with Crippen LogP contribution in [0.2, 0.25) is 0 Å². The Morgan fingerprint density at radius 2 is 1.80 bits per heavy atom. The van der Waals surface area contributed by atoms with Crippen LogP contribution in [-0.4, -0.2) is 25.8 Å². The fraction of sp³-hybridized carbons (Fsp3) is 1.00. The van der Waals surface area contributed by atoms with Gasteiger partial charge in [0.1, 0.15) is 0 Å². The molecule has 1 saturated carbocycles. The van der Waals surface area contributed by atoms with Gasteiger partial charge in [-0.25, -0.2) is 5.14 Å². The van der Waals surface area contributed by atoms with Crippen LogP contribution in [0, 0.1) is 5.41 Å². The van der Waals surface area contributed by atoms with E-state index >= 15 is 0 Å². The summed E-state index contributed by atoms with van der Waals surface area (Å²) in [6, 6.07) is 0. The number of rotatable bonds is 1. The molecule has 0 radical (unpaired) electrons. The largest absolute Gasteiger partial charge is 0.276 e. The summed E-state index contributed by atoms with van der Waals surface area (Å²) in [6.07, 6.45) is 2.36. The van der Waals surface area contributed by atoms with Crippen LogP contribution in [0.15, 0.2) is 0 Å². The van der Waals surface area contributed by atoms with Crippen LogP contribution in [0.3, 0.4) is 0 Å². The molecule has 1 heterocycles. The third kappa shape index (κ3) is 0.853. The Kier molecular flexibility index (Phi) is 1.01. The lowest BCUT2D eigenvalue weighted by molar-refractivity contribution is 0.179. The van der Waals surface area contributed by atoms with E-state index in [1.807, 2.05) is 0 Å². The van der Waals surface area contributed by atoms with Gasteiger partial charge in [0.05, 0.1) is 0 Å². The van der Waals surface area contributed by atoms with Crippen molar-refractivity contribution in [2.24, 2.45) is 10.6 Å². The van der Waals surface area contributed by atoms with Crippen molar-refractivity contribution in [2.45, 2.75) is 12.8 Å². The van der Waals surface area contributed by atoms with Crippen LogP contribution in [-0.2, 0) is 10.2 Å². The van der Waals surface area contributed by atoms with Gasteiger partial charge in [0.15, 0.2) is 0 Å². The van der Waals surface area contributed by atoms with E-state index in [1.165, 1.54) is 17.1 Å². The van der Waals surface area contributed by atoms with Gasteiger partial charge in [-0.05, 0) is 18.3 Å². The molecule has 0 aromatic carbocycles. The van der Waals surface area contributed by atoms with E-state index in [4.69, 9.17) is 5.14 Å². The van der Waals surface area contributed by atoms with Crippen molar-refractivity contribution in [2.75, 3.05) is 13.1 Å². The topological polar surface area (TPSA) is 63.4 Å². The lowest BCUT2D eigenvalue weighted by Crippen LogP contribution is -2.53. The van der Waals surface area contributed by atoms with Gasteiger partial charge >= 0.3 is 0 Å². The minimum atomic E-state index is -3.36. The van der Waals surface area contributed by atoms with Gasteiger partial charge in [-0.3, -0.25) is 0 Å².